The first-order valence-electron chi connectivity index (χ1n) is 7.13. The van der Waals surface area contributed by atoms with Crippen LogP contribution < -0.4 is 0 Å². The molecule has 1 saturated carbocycles. The highest BCUT2D eigenvalue weighted by Gasteiger charge is 2.26. The summed E-state index contributed by atoms with van der Waals surface area (Å²) in [6.45, 7) is 3.72. The van der Waals surface area contributed by atoms with Crippen LogP contribution in [0.3, 0.4) is 0 Å². The first kappa shape index (κ1) is 14.6. The quantitative estimate of drug-likeness (QED) is 0.750. The summed E-state index contributed by atoms with van der Waals surface area (Å²) < 4.78 is 4.65. The van der Waals surface area contributed by atoms with Gasteiger partial charge in [0.15, 0.2) is 0 Å². The van der Waals surface area contributed by atoms with Crippen LogP contribution in [0.15, 0.2) is 24.3 Å². The Morgan fingerprint density at radius 2 is 1.80 bits per heavy atom. The molecule has 0 bridgehead atoms. The van der Waals surface area contributed by atoms with Crippen LogP contribution in [0.5, 0.6) is 0 Å². The minimum absolute atomic E-state index is 0.0511. The van der Waals surface area contributed by atoms with E-state index in [-0.39, 0.29) is 11.9 Å². The highest BCUT2D eigenvalue weighted by atomic mass is 16.5. The average molecular weight is 275 g/mol. The van der Waals surface area contributed by atoms with Gasteiger partial charge in [-0.25, -0.2) is 4.79 Å². The summed E-state index contributed by atoms with van der Waals surface area (Å²) in [7, 11) is 1.35. The molecule has 1 aliphatic carbocycles. The van der Waals surface area contributed by atoms with Gasteiger partial charge in [-0.2, -0.15) is 0 Å². The minimum atomic E-state index is -0.382. The van der Waals surface area contributed by atoms with Crippen LogP contribution in [0, 0.1) is 5.92 Å². The molecule has 0 unspecified atom stereocenters. The SMILES string of the molecule is CCCN(CC1CC1)C(=O)c1ccc(C(=O)OC)cc1. The monoisotopic (exact) mass is 275 g/mol. The Bertz CT molecular complexity index is 477. The molecular weight excluding hydrogens is 254 g/mol. The van der Waals surface area contributed by atoms with Crippen molar-refractivity contribution in [3.05, 3.63) is 35.4 Å². The van der Waals surface area contributed by atoms with Crippen LogP contribution in [-0.2, 0) is 4.74 Å². The summed E-state index contributed by atoms with van der Waals surface area (Å²) in [5.41, 5.74) is 1.10. The largest absolute Gasteiger partial charge is 0.465 e. The smallest absolute Gasteiger partial charge is 0.337 e. The Hall–Kier alpha value is -1.84. The zero-order chi connectivity index (χ0) is 14.5. The third-order valence-corrected chi connectivity index (χ3v) is 3.51. The van der Waals surface area contributed by atoms with Gasteiger partial charge in [0.2, 0.25) is 0 Å². The average Bonchev–Trinajstić information content (AvgIpc) is 3.29. The van der Waals surface area contributed by atoms with Crippen LogP contribution >= 0.6 is 0 Å². The molecule has 2 rings (SSSR count). The summed E-state index contributed by atoms with van der Waals surface area (Å²) in [6.07, 6.45) is 3.42. The van der Waals surface area contributed by atoms with Gasteiger partial charge in [-0.1, -0.05) is 6.92 Å². The van der Waals surface area contributed by atoms with Crippen LogP contribution in [-0.4, -0.2) is 37.0 Å². The van der Waals surface area contributed by atoms with Crippen molar-refractivity contribution in [3.63, 3.8) is 0 Å². The lowest BCUT2D eigenvalue weighted by atomic mass is 10.1. The molecule has 1 aromatic rings. The van der Waals surface area contributed by atoms with Crippen LogP contribution in [0.2, 0.25) is 0 Å². The predicted octanol–water partition coefficient (Wildman–Crippen LogP) is 2.74. The van der Waals surface area contributed by atoms with Gasteiger partial charge in [0, 0.05) is 18.7 Å². The number of esters is 1. The summed E-state index contributed by atoms with van der Waals surface area (Å²) in [5, 5.41) is 0. The molecule has 0 N–H and O–H groups in total. The number of carbonyl (C=O) groups excluding carboxylic acids is 2. The Morgan fingerprint density at radius 1 is 1.20 bits per heavy atom. The zero-order valence-corrected chi connectivity index (χ0v) is 12.1. The number of rotatable bonds is 6. The Labute approximate surface area is 119 Å². The fraction of sp³-hybridized carbons (Fsp3) is 0.500. The molecule has 4 heteroatoms. The van der Waals surface area contributed by atoms with Gasteiger partial charge in [0.05, 0.1) is 12.7 Å². The van der Waals surface area contributed by atoms with Crippen molar-refractivity contribution < 1.29 is 14.3 Å². The third kappa shape index (κ3) is 3.59. The van der Waals surface area contributed by atoms with E-state index in [1.54, 1.807) is 24.3 Å². The van der Waals surface area contributed by atoms with Gasteiger partial charge in [-0.3, -0.25) is 4.79 Å². The maximum absolute atomic E-state index is 12.5. The first-order chi connectivity index (χ1) is 9.65. The lowest BCUT2D eigenvalue weighted by molar-refractivity contribution is 0.0599. The van der Waals surface area contributed by atoms with Crippen molar-refractivity contribution in [1.29, 1.82) is 0 Å². The molecular formula is C16H21NO3. The van der Waals surface area contributed by atoms with Gasteiger partial charge in [-0.05, 0) is 49.4 Å². The number of hydrogen-bond donors (Lipinski definition) is 0. The molecule has 108 valence electrons. The molecule has 1 aromatic carbocycles. The second kappa shape index (κ2) is 6.55. The summed E-state index contributed by atoms with van der Waals surface area (Å²) >= 11 is 0. The predicted molar refractivity (Wildman–Crippen MR) is 76.7 cm³/mol. The summed E-state index contributed by atoms with van der Waals surface area (Å²) in [5.74, 6) is 0.349. The Morgan fingerprint density at radius 3 is 2.30 bits per heavy atom. The number of carbonyl (C=O) groups is 2. The molecule has 1 amide bonds. The summed E-state index contributed by atoms with van der Waals surface area (Å²) in [6, 6.07) is 6.68. The molecule has 0 saturated heterocycles. The second-order valence-corrected chi connectivity index (χ2v) is 5.26. The number of nitrogens with zero attached hydrogens (tertiary/aromatic N) is 1. The van der Waals surface area contributed by atoms with Gasteiger partial charge >= 0.3 is 5.97 Å². The van der Waals surface area contributed by atoms with Crippen LogP contribution in [0.1, 0.15) is 46.9 Å². The molecule has 0 atom stereocenters. The number of ether oxygens (including phenoxy) is 1. The highest BCUT2D eigenvalue weighted by Crippen LogP contribution is 2.30. The maximum Gasteiger partial charge on any atom is 0.337 e. The zero-order valence-electron chi connectivity index (χ0n) is 12.1. The van der Waals surface area contributed by atoms with E-state index in [1.165, 1.54) is 20.0 Å². The Balaban J connectivity index is 2.07. The minimum Gasteiger partial charge on any atom is -0.465 e. The van der Waals surface area contributed by atoms with Crippen molar-refractivity contribution in [2.45, 2.75) is 26.2 Å². The van der Waals surface area contributed by atoms with Gasteiger partial charge in [0.25, 0.3) is 5.91 Å². The van der Waals surface area contributed by atoms with Crippen molar-refractivity contribution in [1.82, 2.24) is 4.90 Å². The number of benzene rings is 1. The fourth-order valence-electron chi connectivity index (χ4n) is 2.21. The molecule has 4 nitrogen and oxygen atoms in total. The molecule has 20 heavy (non-hydrogen) atoms. The molecule has 0 aromatic heterocycles. The van der Waals surface area contributed by atoms with E-state index < -0.39 is 0 Å². The number of hydrogen-bond acceptors (Lipinski definition) is 3. The molecule has 0 aliphatic heterocycles. The van der Waals surface area contributed by atoms with Crippen molar-refractivity contribution >= 4 is 11.9 Å². The first-order valence-corrected chi connectivity index (χ1v) is 7.13. The topological polar surface area (TPSA) is 46.6 Å². The molecule has 0 radical (unpaired) electrons. The third-order valence-electron chi connectivity index (χ3n) is 3.51. The highest BCUT2D eigenvalue weighted by molar-refractivity contribution is 5.96. The van der Waals surface area contributed by atoms with Crippen molar-refractivity contribution in [3.8, 4) is 0 Å². The summed E-state index contributed by atoms with van der Waals surface area (Å²) in [4.78, 5) is 25.7. The van der Waals surface area contributed by atoms with Crippen LogP contribution in [0.4, 0.5) is 0 Å². The molecule has 0 heterocycles. The fourth-order valence-corrected chi connectivity index (χ4v) is 2.21. The molecule has 0 spiro atoms. The van der Waals surface area contributed by atoms with Crippen molar-refractivity contribution in [2.75, 3.05) is 20.2 Å². The van der Waals surface area contributed by atoms with E-state index in [0.29, 0.717) is 17.0 Å². The van der Waals surface area contributed by atoms with E-state index in [2.05, 4.69) is 11.7 Å². The second-order valence-electron chi connectivity index (χ2n) is 5.26. The van der Waals surface area contributed by atoms with E-state index in [4.69, 9.17) is 0 Å². The van der Waals surface area contributed by atoms with Crippen LogP contribution in [0.25, 0.3) is 0 Å². The number of amides is 1. The van der Waals surface area contributed by atoms with Gasteiger partial charge in [0.1, 0.15) is 0 Å². The van der Waals surface area contributed by atoms with E-state index in [0.717, 1.165) is 19.5 Å². The lowest BCUT2D eigenvalue weighted by Gasteiger charge is -2.22. The van der Waals surface area contributed by atoms with Crippen molar-refractivity contribution in [2.24, 2.45) is 5.92 Å². The van der Waals surface area contributed by atoms with Gasteiger partial charge in [-0.15, -0.1) is 0 Å². The Kier molecular flexibility index (Phi) is 4.77. The maximum atomic E-state index is 12.5. The van der Waals surface area contributed by atoms with E-state index >= 15 is 0 Å². The molecule has 1 fully saturated rings. The van der Waals surface area contributed by atoms with Gasteiger partial charge < -0.3 is 9.64 Å². The standard InChI is InChI=1S/C16H21NO3/c1-3-10-17(11-12-4-5-12)15(18)13-6-8-14(9-7-13)16(19)20-2/h6-9,12H,3-5,10-11H2,1-2H3. The number of methoxy groups -OCH3 is 1. The molecule has 1 aliphatic rings. The lowest BCUT2D eigenvalue weighted by Crippen LogP contribution is -2.33. The van der Waals surface area contributed by atoms with E-state index in [1.807, 2.05) is 4.90 Å². The normalized spacial score (nSPS) is 13.9. The van der Waals surface area contributed by atoms with E-state index in [9.17, 15) is 9.59 Å².